The summed E-state index contributed by atoms with van der Waals surface area (Å²) in [6.07, 6.45) is 11.4. The Morgan fingerprint density at radius 1 is 1.19 bits per heavy atom. The summed E-state index contributed by atoms with van der Waals surface area (Å²) in [6, 6.07) is 4.36. The van der Waals surface area contributed by atoms with Gasteiger partial charge in [-0.25, -0.2) is 4.98 Å². The second kappa shape index (κ2) is 9.84. The van der Waals surface area contributed by atoms with Gasteiger partial charge in [-0.3, -0.25) is 4.79 Å². The Morgan fingerprint density at radius 3 is 2.53 bits per heavy atom. The van der Waals surface area contributed by atoms with E-state index in [4.69, 9.17) is 9.72 Å². The smallest absolute Gasteiger partial charge is 0.308 e. The number of nitrogens with zero attached hydrogens (tertiary/aromatic N) is 2. The van der Waals surface area contributed by atoms with Gasteiger partial charge in [0.25, 0.3) is 0 Å². The first kappa shape index (κ1) is 23.7. The number of aromatic nitrogens is 1. The van der Waals surface area contributed by atoms with Crippen molar-refractivity contribution < 1.29 is 9.53 Å². The van der Waals surface area contributed by atoms with E-state index < -0.39 is 5.60 Å². The first-order valence-corrected chi connectivity index (χ1v) is 13.9. The molecule has 32 heavy (non-hydrogen) atoms. The first-order valence-electron chi connectivity index (χ1n) is 12.2. The minimum atomic E-state index is -0.446. The van der Waals surface area contributed by atoms with Crippen LogP contribution in [0.15, 0.2) is 17.5 Å². The van der Waals surface area contributed by atoms with E-state index in [-0.39, 0.29) is 5.97 Å². The van der Waals surface area contributed by atoms with E-state index in [1.54, 1.807) is 11.3 Å². The minimum absolute atomic E-state index is 0.143. The molecule has 1 spiro atoms. The molecule has 2 heterocycles. The highest BCUT2D eigenvalue weighted by molar-refractivity contribution is 7.14. The van der Waals surface area contributed by atoms with Crippen LogP contribution in [0.5, 0.6) is 0 Å². The van der Waals surface area contributed by atoms with Crippen LogP contribution >= 0.6 is 22.7 Å². The van der Waals surface area contributed by atoms with E-state index in [9.17, 15) is 4.79 Å². The van der Waals surface area contributed by atoms with Gasteiger partial charge in [0.2, 0.25) is 0 Å². The minimum Gasteiger partial charge on any atom is -0.460 e. The van der Waals surface area contributed by atoms with Gasteiger partial charge in [-0.1, -0.05) is 12.8 Å². The van der Waals surface area contributed by atoms with Crippen LogP contribution in [0.3, 0.4) is 0 Å². The fraction of sp³-hybridized carbons (Fsp3) is 0.692. The Kier molecular flexibility index (Phi) is 7.30. The van der Waals surface area contributed by atoms with E-state index in [0.29, 0.717) is 24.3 Å². The molecule has 2 fully saturated rings. The Labute approximate surface area is 201 Å². The van der Waals surface area contributed by atoms with E-state index in [1.807, 2.05) is 32.1 Å². The lowest BCUT2D eigenvalue weighted by Crippen LogP contribution is -2.29. The van der Waals surface area contributed by atoms with Crippen molar-refractivity contribution in [2.75, 3.05) is 11.4 Å². The lowest BCUT2D eigenvalue weighted by Gasteiger charge is -2.36. The standard InChI is InChI=1S/C26H38N2O2S2/c1-19-7-8-21(32-19)17-28(16-11-23(29)30-25(2,3)4)24-27-22(18-31-24)20-9-14-26(15-10-20)12-5-6-13-26/h7-8,18,20H,5-6,9-17H2,1-4H3. The Morgan fingerprint density at radius 2 is 1.91 bits per heavy atom. The molecule has 0 aliphatic heterocycles. The molecule has 2 saturated carbocycles. The predicted octanol–water partition coefficient (Wildman–Crippen LogP) is 7.47. The van der Waals surface area contributed by atoms with Crippen LogP contribution in [-0.4, -0.2) is 23.1 Å². The van der Waals surface area contributed by atoms with Gasteiger partial charge in [-0.2, -0.15) is 0 Å². The number of anilines is 1. The Hall–Kier alpha value is -1.40. The number of hydrogen-bond acceptors (Lipinski definition) is 6. The predicted molar refractivity (Wildman–Crippen MR) is 135 cm³/mol. The molecule has 176 valence electrons. The average Bonchev–Trinajstić information content (AvgIpc) is 3.47. The fourth-order valence-electron chi connectivity index (χ4n) is 5.38. The van der Waals surface area contributed by atoms with Gasteiger partial charge in [0.05, 0.1) is 18.7 Å². The number of thiazole rings is 1. The maximum absolute atomic E-state index is 12.4. The zero-order valence-corrected chi connectivity index (χ0v) is 21.7. The molecule has 6 heteroatoms. The second-order valence-electron chi connectivity index (χ2n) is 10.8. The SMILES string of the molecule is Cc1ccc(CN(CCC(=O)OC(C)(C)C)c2nc(C3CCC4(CCCC4)CC3)cs2)s1. The van der Waals surface area contributed by atoms with E-state index >= 15 is 0 Å². The summed E-state index contributed by atoms with van der Waals surface area (Å²) in [6.45, 7) is 9.33. The van der Waals surface area contributed by atoms with Gasteiger partial charge in [0, 0.05) is 27.6 Å². The van der Waals surface area contributed by atoms with Crippen molar-refractivity contribution in [1.82, 2.24) is 4.98 Å². The molecule has 0 atom stereocenters. The highest BCUT2D eigenvalue weighted by atomic mass is 32.1. The third-order valence-corrected chi connectivity index (χ3v) is 8.96. The molecule has 4 rings (SSSR count). The number of aryl methyl sites for hydroxylation is 1. The molecular weight excluding hydrogens is 436 g/mol. The summed E-state index contributed by atoms with van der Waals surface area (Å²) in [5.74, 6) is 0.457. The lowest BCUT2D eigenvalue weighted by molar-refractivity contribution is -0.154. The summed E-state index contributed by atoms with van der Waals surface area (Å²) < 4.78 is 5.54. The maximum Gasteiger partial charge on any atom is 0.308 e. The summed E-state index contributed by atoms with van der Waals surface area (Å²) in [7, 11) is 0. The second-order valence-corrected chi connectivity index (χ2v) is 13.0. The molecule has 4 nitrogen and oxygen atoms in total. The van der Waals surface area contributed by atoms with Crippen LogP contribution in [0.4, 0.5) is 5.13 Å². The Balaban J connectivity index is 1.42. The number of esters is 1. The summed E-state index contributed by atoms with van der Waals surface area (Å²) >= 11 is 3.55. The highest BCUT2D eigenvalue weighted by Crippen LogP contribution is 2.52. The van der Waals surface area contributed by atoms with Crippen LogP contribution < -0.4 is 4.90 Å². The lowest BCUT2D eigenvalue weighted by atomic mass is 9.69. The third-order valence-electron chi connectivity index (χ3n) is 7.06. The zero-order chi connectivity index (χ0) is 22.8. The average molecular weight is 475 g/mol. The number of rotatable bonds is 7. The van der Waals surface area contributed by atoms with Crippen molar-refractivity contribution in [3.63, 3.8) is 0 Å². The van der Waals surface area contributed by atoms with Crippen molar-refractivity contribution in [2.24, 2.45) is 5.41 Å². The Bertz CT molecular complexity index is 895. The van der Waals surface area contributed by atoms with Crippen LogP contribution in [-0.2, 0) is 16.1 Å². The zero-order valence-electron chi connectivity index (χ0n) is 20.1. The summed E-state index contributed by atoms with van der Waals surface area (Å²) in [5, 5.41) is 3.31. The summed E-state index contributed by atoms with van der Waals surface area (Å²) in [4.78, 5) is 22.4. The van der Waals surface area contributed by atoms with Crippen LogP contribution in [0.1, 0.15) is 99.9 Å². The molecule has 0 N–H and O–H groups in total. The number of carbonyl (C=O) groups is 1. The largest absolute Gasteiger partial charge is 0.460 e. The van der Waals surface area contributed by atoms with Gasteiger partial charge in [0.1, 0.15) is 5.60 Å². The molecule has 0 radical (unpaired) electrons. The monoisotopic (exact) mass is 474 g/mol. The molecular formula is C26H38N2O2S2. The van der Waals surface area contributed by atoms with Crippen LogP contribution in [0.25, 0.3) is 0 Å². The molecule has 0 saturated heterocycles. The van der Waals surface area contributed by atoms with E-state index in [2.05, 4.69) is 29.3 Å². The molecule has 2 aliphatic rings. The van der Waals surface area contributed by atoms with Crippen molar-refractivity contribution >= 4 is 33.8 Å². The molecule has 0 amide bonds. The van der Waals surface area contributed by atoms with E-state index in [0.717, 1.165) is 11.7 Å². The number of carbonyl (C=O) groups excluding carboxylic acids is 1. The molecule has 2 aliphatic carbocycles. The van der Waals surface area contributed by atoms with Crippen LogP contribution in [0, 0.1) is 12.3 Å². The van der Waals surface area contributed by atoms with Gasteiger partial charge in [-0.15, -0.1) is 22.7 Å². The van der Waals surface area contributed by atoms with Crippen molar-refractivity contribution in [3.05, 3.63) is 33.0 Å². The number of thiophene rings is 1. The van der Waals surface area contributed by atoms with Crippen LogP contribution in [0.2, 0.25) is 0 Å². The third kappa shape index (κ3) is 6.13. The van der Waals surface area contributed by atoms with Gasteiger partial charge in [0.15, 0.2) is 5.13 Å². The van der Waals surface area contributed by atoms with Gasteiger partial charge >= 0.3 is 5.97 Å². The normalized spacial score (nSPS) is 18.9. The molecule has 2 aromatic rings. The molecule has 0 unspecified atom stereocenters. The van der Waals surface area contributed by atoms with Crippen molar-refractivity contribution in [3.8, 4) is 0 Å². The molecule has 0 aromatic carbocycles. The quantitative estimate of drug-likeness (QED) is 0.390. The topological polar surface area (TPSA) is 42.4 Å². The van der Waals surface area contributed by atoms with E-state index in [1.165, 1.54) is 66.8 Å². The highest BCUT2D eigenvalue weighted by Gasteiger charge is 2.38. The van der Waals surface area contributed by atoms with Crippen molar-refractivity contribution in [2.45, 2.75) is 104 Å². The fourth-order valence-corrected chi connectivity index (χ4v) is 7.22. The van der Waals surface area contributed by atoms with Gasteiger partial charge < -0.3 is 9.64 Å². The first-order chi connectivity index (χ1) is 15.2. The van der Waals surface area contributed by atoms with Gasteiger partial charge in [-0.05, 0) is 83.8 Å². The molecule has 2 aromatic heterocycles. The summed E-state index contributed by atoms with van der Waals surface area (Å²) in [5.41, 5.74) is 1.48. The number of hydrogen-bond donors (Lipinski definition) is 0. The number of ether oxygens (including phenoxy) is 1. The van der Waals surface area contributed by atoms with Crippen molar-refractivity contribution in [1.29, 1.82) is 0 Å². The molecule has 0 bridgehead atoms. The maximum atomic E-state index is 12.4.